The van der Waals surface area contributed by atoms with E-state index < -0.39 is 0 Å². The van der Waals surface area contributed by atoms with E-state index in [-0.39, 0.29) is 5.91 Å². The molecule has 1 saturated heterocycles. The van der Waals surface area contributed by atoms with Gasteiger partial charge in [-0.25, -0.2) is 0 Å². The van der Waals surface area contributed by atoms with Crippen molar-refractivity contribution in [1.82, 2.24) is 15.1 Å². The van der Waals surface area contributed by atoms with E-state index in [1.807, 2.05) is 37.4 Å². The van der Waals surface area contributed by atoms with Gasteiger partial charge in [-0.15, -0.1) is 16.4 Å². The molecule has 2 aromatic heterocycles. The van der Waals surface area contributed by atoms with Crippen molar-refractivity contribution in [2.24, 2.45) is 11.8 Å². The van der Waals surface area contributed by atoms with Gasteiger partial charge in [0.25, 0.3) is 5.91 Å². The van der Waals surface area contributed by atoms with Crippen molar-refractivity contribution in [2.45, 2.75) is 32.7 Å². The standard InChI is InChI=1S/C19H24N4OS/c1-12-8-9-25-18(12)19(24)23-10-14-5-6-16(15(14)11-23)22(3)17-7-4-13(2)20-21-17/h4,7-9,14-16H,5-6,10-11H2,1-3H3/t14-,15+,16-/m1/s1. The van der Waals surface area contributed by atoms with E-state index in [9.17, 15) is 4.79 Å². The van der Waals surface area contributed by atoms with Crippen molar-refractivity contribution in [3.05, 3.63) is 39.7 Å². The second-order valence-electron chi connectivity index (χ2n) is 7.36. The Morgan fingerprint density at radius 3 is 2.72 bits per heavy atom. The Hall–Kier alpha value is -1.95. The quantitative estimate of drug-likeness (QED) is 0.848. The fourth-order valence-corrected chi connectivity index (χ4v) is 5.26. The first-order valence-electron chi connectivity index (χ1n) is 8.91. The zero-order valence-electron chi connectivity index (χ0n) is 15.0. The minimum absolute atomic E-state index is 0.207. The summed E-state index contributed by atoms with van der Waals surface area (Å²) in [6.07, 6.45) is 2.35. The number of anilines is 1. The van der Waals surface area contributed by atoms with Crippen LogP contribution in [0.15, 0.2) is 23.6 Å². The lowest BCUT2D eigenvalue weighted by Crippen LogP contribution is -2.39. The van der Waals surface area contributed by atoms with Crippen LogP contribution in [-0.4, -0.2) is 47.2 Å². The minimum atomic E-state index is 0.207. The van der Waals surface area contributed by atoms with Crippen LogP contribution >= 0.6 is 11.3 Å². The number of carbonyl (C=O) groups excluding carboxylic acids is 1. The normalized spacial score (nSPS) is 25.2. The third kappa shape index (κ3) is 2.92. The molecule has 5 nitrogen and oxygen atoms in total. The maximum absolute atomic E-state index is 12.8. The van der Waals surface area contributed by atoms with Crippen LogP contribution < -0.4 is 4.90 Å². The maximum Gasteiger partial charge on any atom is 0.264 e. The van der Waals surface area contributed by atoms with Gasteiger partial charge in [-0.1, -0.05) is 0 Å². The highest BCUT2D eigenvalue weighted by atomic mass is 32.1. The average molecular weight is 356 g/mol. The molecule has 0 N–H and O–H groups in total. The smallest absolute Gasteiger partial charge is 0.264 e. The molecule has 0 radical (unpaired) electrons. The van der Waals surface area contributed by atoms with Crippen molar-refractivity contribution in [1.29, 1.82) is 0 Å². The van der Waals surface area contributed by atoms with Gasteiger partial charge in [0.1, 0.15) is 0 Å². The Balaban J connectivity index is 1.49. The molecule has 2 aliphatic rings. The van der Waals surface area contributed by atoms with Crippen LogP contribution in [0, 0.1) is 25.7 Å². The summed E-state index contributed by atoms with van der Waals surface area (Å²) in [6, 6.07) is 6.52. The molecule has 1 aliphatic heterocycles. The minimum Gasteiger partial charge on any atom is -0.355 e. The molecule has 25 heavy (non-hydrogen) atoms. The molecule has 0 aromatic carbocycles. The molecule has 1 saturated carbocycles. The van der Waals surface area contributed by atoms with Crippen LogP contribution in [0.25, 0.3) is 0 Å². The molecule has 2 fully saturated rings. The Morgan fingerprint density at radius 2 is 2.04 bits per heavy atom. The summed E-state index contributed by atoms with van der Waals surface area (Å²) >= 11 is 1.56. The first kappa shape index (κ1) is 16.5. The molecular formula is C19H24N4OS. The fourth-order valence-electron chi connectivity index (χ4n) is 4.37. The predicted octanol–water partition coefficient (Wildman–Crippen LogP) is 3.14. The van der Waals surface area contributed by atoms with Crippen molar-refractivity contribution in [2.75, 3.05) is 25.0 Å². The largest absolute Gasteiger partial charge is 0.355 e. The van der Waals surface area contributed by atoms with E-state index in [1.165, 1.54) is 12.8 Å². The molecule has 1 amide bonds. The summed E-state index contributed by atoms with van der Waals surface area (Å²) in [7, 11) is 2.11. The van der Waals surface area contributed by atoms with Crippen LogP contribution in [0.5, 0.6) is 0 Å². The third-order valence-corrected chi connectivity index (χ3v) is 6.81. The molecule has 1 aliphatic carbocycles. The van der Waals surface area contributed by atoms with Gasteiger partial charge in [0.15, 0.2) is 5.82 Å². The summed E-state index contributed by atoms with van der Waals surface area (Å²) in [5.41, 5.74) is 2.03. The maximum atomic E-state index is 12.8. The van der Waals surface area contributed by atoms with Gasteiger partial charge in [0, 0.05) is 32.1 Å². The van der Waals surface area contributed by atoms with E-state index in [4.69, 9.17) is 0 Å². The Bertz CT molecular complexity index is 772. The fraction of sp³-hybridized carbons (Fsp3) is 0.526. The molecule has 6 heteroatoms. The Kier molecular flexibility index (Phi) is 4.23. The highest BCUT2D eigenvalue weighted by Gasteiger charge is 2.46. The van der Waals surface area contributed by atoms with Crippen molar-refractivity contribution in [3.8, 4) is 0 Å². The highest BCUT2D eigenvalue weighted by molar-refractivity contribution is 7.12. The zero-order valence-corrected chi connectivity index (χ0v) is 15.8. The number of hydrogen-bond acceptors (Lipinski definition) is 5. The summed E-state index contributed by atoms with van der Waals surface area (Å²) in [4.78, 5) is 18.1. The van der Waals surface area contributed by atoms with Crippen molar-refractivity contribution in [3.63, 3.8) is 0 Å². The van der Waals surface area contributed by atoms with Gasteiger partial charge >= 0.3 is 0 Å². The number of aryl methyl sites for hydroxylation is 2. The summed E-state index contributed by atoms with van der Waals surface area (Å²) in [5.74, 6) is 2.26. The SMILES string of the molecule is Cc1ccc(N(C)[C@@H]2CC[C@@H]3CN(C(=O)c4sccc4C)C[C@@H]32)nn1. The van der Waals surface area contributed by atoms with E-state index in [2.05, 4.69) is 27.0 Å². The van der Waals surface area contributed by atoms with Gasteiger partial charge in [-0.05, 0) is 61.7 Å². The highest BCUT2D eigenvalue weighted by Crippen LogP contribution is 2.41. The van der Waals surface area contributed by atoms with Gasteiger partial charge in [0.05, 0.1) is 10.6 Å². The molecule has 3 heterocycles. The van der Waals surface area contributed by atoms with E-state index in [0.717, 1.165) is 35.0 Å². The van der Waals surface area contributed by atoms with Crippen LogP contribution in [0.2, 0.25) is 0 Å². The summed E-state index contributed by atoms with van der Waals surface area (Å²) in [5, 5.41) is 10.5. The first-order valence-corrected chi connectivity index (χ1v) is 9.79. The molecule has 0 bridgehead atoms. The van der Waals surface area contributed by atoms with Crippen LogP contribution in [0.1, 0.15) is 33.8 Å². The van der Waals surface area contributed by atoms with E-state index >= 15 is 0 Å². The number of rotatable bonds is 3. The number of amides is 1. The number of thiophene rings is 1. The number of fused-ring (bicyclic) bond motifs is 1. The summed E-state index contributed by atoms with van der Waals surface area (Å²) < 4.78 is 0. The van der Waals surface area contributed by atoms with Crippen molar-refractivity contribution < 1.29 is 4.79 Å². The van der Waals surface area contributed by atoms with Crippen LogP contribution in [0.3, 0.4) is 0 Å². The Labute approximate surface area is 152 Å². The topological polar surface area (TPSA) is 49.3 Å². The van der Waals surface area contributed by atoms with Crippen LogP contribution in [-0.2, 0) is 0 Å². The molecular weight excluding hydrogens is 332 g/mol. The number of aromatic nitrogens is 2. The molecule has 4 rings (SSSR count). The molecule has 2 aromatic rings. The molecule has 0 unspecified atom stereocenters. The number of carbonyl (C=O) groups is 1. The predicted molar refractivity (Wildman–Crippen MR) is 100 cm³/mol. The molecule has 132 valence electrons. The van der Waals surface area contributed by atoms with Gasteiger partial charge in [0.2, 0.25) is 0 Å². The number of hydrogen-bond donors (Lipinski definition) is 0. The second kappa shape index (κ2) is 6.41. The lowest BCUT2D eigenvalue weighted by molar-refractivity contribution is 0.0783. The Morgan fingerprint density at radius 1 is 1.20 bits per heavy atom. The van der Waals surface area contributed by atoms with Crippen molar-refractivity contribution >= 4 is 23.1 Å². The third-order valence-electron chi connectivity index (χ3n) is 5.81. The van der Waals surface area contributed by atoms with E-state index in [1.54, 1.807) is 11.3 Å². The first-order chi connectivity index (χ1) is 12.0. The number of nitrogens with zero attached hydrogens (tertiary/aromatic N) is 4. The lowest BCUT2D eigenvalue weighted by atomic mass is 9.97. The van der Waals surface area contributed by atoms with Crippen LogP contribution in [0.4, 0.5) is 5.82 Å². The van der Waals surface area contributed by atoms with E-state index in [0.29, 0.717) is 17.9 Å². The lowest BCUT2D eigenvalue weighted by Gasteiger charge is -2.30. The summed E-state index contributed by atoms with van der Waals surface area (Å²) in [6.45, 7) is 5.72. The van der Waals surface area contributed by atoms with Gasteiger partial charge < -0.3 is 9.80 Å². The average Bonchev–Trinajstić information content (AvgIpc) is 3.29. The zero-order chi connectivity index (χ0) is 17.6. The monoisotopic (exact) mass is 356 g/mol. The van der Waals surface area contributed by atoms with Gasteiger partial charge in [-0.2, -0.15) is 5.10 Å². The molecule has 3 atom stereocenters. The molecule has 0 spiro atoms. The second-order valence-corrected chi connectivity index (χ2v) is 8.27. The van der Waals surface area contributed by atoms with Gasteiger partial charge in [-0.3, -0.25) is 4.79 Å². The number of likely N-dealkylation sites (tertiary alicyclic amines) is 1.